The van der Waals surface area contributed by atoms with Crippen LogP contribution in [0.3, 0.4) is 0 Å². The summed E-state index contributed by atoms with van der Waals surface area (Å²) in [6.45, 7) is 0. The summed E-state index contributed by atoms with van der Waals surface area (Å²) in [6, 6.07) is 0. The molecule has 36 valence electrons. The van der Waals surface area contributed by atoms with Crippen LogP contribution in [0.2, 0.25) is 0 Å². The van der Waals surface area contributed by atoms with E-state index < -0.39 is 7.82 Å². The molecule has 4 nitrogen and oxygen atoms in total. The van der Waals surface area contributed by atoms with Crippen molar-refractivity contribution >= 4 is 7.82 Å². The Morgan fingerprint density at radius 1 is 1.67 bits per heavy atom. The van der Waals surface area contributed by atoms with Crippen LogP contribution in [0.15, 0.2) is 0 Å². The van der Waals surface area contributed by atoms with E-state index in [9.17, 15) is 4.57 Å². The molecule has 0 aliphatic heterocycles. The molecule has 0 atom stereocenters. The quantitative estimate of drug-likeness (QED) is 0.611. The molecule has 0 aliphatic rings. The first-order valence-corrected chi connectivity index (χ1v) is 3.65. The molecule has 0 rings (SSSR count). The van der Waals surface area contributed by atoms with E-state index in [0.29, 0.717) is 0 Å². The average molecular weight is 242 g/mol. The van der Waals surface area contributed by atoms with Gasteiger partial charge in [-0.2, -0.15) is 0 Å². The van der Waals surface area contributed by atoms with Gasteiger partial charge in [0.1, 0.15) is 0 Å². The van der Waals surface area contributed by atoms with Crippen LogP contribution in [0.4, 0.5) is 0 Å². The minimum atomic E-state index is -4.10. The van der Waals surface area contributed by atoms with Crippen molar-refractivity contribution in [2.75, 3.05) is 0 Å². The Kier molecular flexibility index (Phi) is 3.33. The van der Waals surface area contributed by atoms with Gasteiger partial charge in [0.2, 0.25) is 0 Å². The van der Waals surface area contributed by atoms with E-state index in [1.165, 1.54) is 0 Å². The summed E-state index contributed by atoms with van der Waals surface area (Å²) in [5.41, 5.74) is 0. The summed E-state index contributed by atoms with van der Waals surface area (Å²) in [7, 11) is -4.10. The van der Waals surface area contributed by atoms with Crippen LogP contribution in [0.5, 0.6) is 0 Å². The molecule has 0 aliphatic carbocycles. The van der Waals surface area contributed by atoms with Gasteiger partial charge in [0.15, 0.2) is 0 Å². The van der Waals surface area contributed by atoms with E-state index in [4.69, 9.17) is 9.79 Å². The molecule has 2 N–H and O–H groups in total. The van der Waals surface area contributed by atoms with Crippen molar-refractivity contribution in [2.45, 2.75) is 0 Å². The average Bonchev–Trinajstić information content (AvgIpc) is 1.35. The van der Waals surface area contributed by atoms with Gasteiger partial charge < -0.3 is 0 Å². The maximum absolute atomic E-state index is 9.50. The van der Waals surface area contributed by atoms with Gasteiger partial charge in [-0.1, -0.05) is 0 Å². The number of hydrogen-bond donors (Lipinski definition) is 2. The second-order valence-electron chi connectivity index (χ2n) is 0.572. The van der Waals surface area contributed by atoms with Crippen molar-refractivity contribution in [1.29, 1.82) is 0 Å². The molecule has 6 heavy (non-hydrogen) atoms. The summed E-state index contributed by atoms with van der Waals surface area (Å²) in [4.78, 5) is 15.5. The van der Waals surface area contributed by atoms with E-state index in [-0.39, 0.29) is 38.9 Å². The van der Waals surface area contributed by atoms with E-state index in [0.717, 1.165) is 0 Å². The van der Waals surface area contributed by atoms with Gasteiger partial charge >= 0.3 is 62.0 Å². The Morgan fingerprint density at radius 3 is 1.83 bits per heavy atom. The van der Waals surface area contributed by atoms with E-state index in [2.05, 4.69) is 0.906 Å². The Labute approximate surface area is 61.5 Å². The third kappa shape index (κ3) is 5.45. The van der Waals surface area contributed by atoms with Crippen LogP contribution in [0.1, 0.15) is 0 Å². The molecule has 6 heteroatoms. The fraction of sp³-hybridized carbons (Fsp3) is 0. The van der Waals surface area contributed by atoms with Gasteiger partial charge in [0, 0.05) is 0 Å². The summed E-state index contributed by atoms with van der Waals surface area (Å²) >= 11 is 0.257. The van der Waals surface area contributed by atoms with Gasteiger partial charge in [-0.3, -0.25) is 0 Å². The topological polar surface area (TPSA) is 66.8 Å². The van der Waals surface area contributed by atoms with Crippen molar-refractivity contribution in [1.82, 2.24) is 0 Å². The monoisotopic (exact) mass is 242 g/mol. The molecular formula is H2O4PPm. The third-order valence-electron chi connectivity index (χ3n) is 0.106. The maximum atomic E-state index is 9.50. The summed E-state index contributed by atoms with van der Waals surface area (Å²) in [5, 5.41) is 0. The number of rotatable bonds is 1. The molecule has 0 radical (unpaired) electrons. The van der Waals surface area contributed by atoms with Gasteiger partial charge in [0.05, 0.1) is 0 Å². The van der Waals surface area contributed by atoms with Crippen LogP contribution in [-0.2, 0) is 5.47 Å². The molecule has 0 fully saturated rings. The normalized spacial score (nSPS) is 11.7. The summed E-state index contributed by atoms with van der Waals surface area (Å²) in [6.07, 6.45) is 0. The second kappa shape index (κ2) is 2.68. The molecule has 0 heterocycles. The van der Waals surface area contributed by atoms with Gasteiger partial charge in [0.25, 0.3) is 0 Å². The molecule has 0 aromatic rings. The van der Waals surface area contributed by atoms with Crippen molar-refractivity contribution in [3.05, 3.63) is 0 Å². The Bertz CT molecular complexity index is 71.6. The Balaban J connectivity index is 3.48. The summed E-state index contributed by atoms with van der Waals surface area (Å²) in [5.74, 6) is 0. The van der Waals surface area contributed by atoms with E-state index >= 15 is 0 Å². The molecular weight excluding hydrogens is 240 g/mol. The first kappa shape index (κ1) is 7.45. The van der Waals surface area contributed by atoms with Crippen molar-refractivity contribution in [3.63, 3.8) is 0 Å². The standard InChI is InChI=1S/H3O4P.Pm/c1-5(2,3)4;/h(H3,1,2,3,4);/q;+1/p-1. The zero-order chi connectivity index (χ0) is 5.21. The van der Waals surface area contributed by atoms with Gasteiger partial charge in [-0.05, 0) is 0 Å². The van der Waals surface area contributed by atoms with Crippen LogP contribution in [0, 0.1) is 38.9 Å². The molecule has 0 amide bonds. The first-order valence-electron chi connectivity index (χ1n) is 0.948. The Hall–Kier alpha value is 1.45. The van der Waals surface area contributed by atoms with Gasteiger partial charge in [-0.15, -0.1) is 0 Å². The zero-order valence-corrected chi connectivity index (χ0v) is 6.37. The molecule has 0 saturated carbocycles. The minimum absolute atomic E-state index is 0.257. The third-order valence-corrected chi connectivity index (χ3v) is 2.37. The molecule has 0 saturated heterocycles. The molecule has 0 spiro atoms. The number of phosphoric acid groups is 1. The number of hydrogen-bond acceptors (Lipinski definition) is 2. The zero-order valence-electron chi connectivity index (χ0n) is 2.61. The molecule has 0 unspecified atom stereocenters. The molecule has 0 aromatic carbocycles. The van der Waals surface area contributed by atoms with Crippen LogP contribution >= 0.6 is 7.82 Å². The predicted octanol–water partition coefficient (Wildman–Crippen LogP) is -0.440. The fourth-order valence-electron chi connectivity index (χ4n) is 0. The van der Waals surface area contributed by atoms with Crippen LogP contribution in [0.25, 0.3) is 0 Å². The van der Waals surface area contributed by atoms with Crippen LogP contribution < -0.4 is 0 Å². The summed E-state index contributed by atoms with van der Waals surface area (Å²) < 4.78 is 13.2. The Morgan fingerprint density at radius 2 is 1.83 bits per heavy atom. The van der Waals surface area contributed by atoms with Crippen molar-refractivity contribution in [2.24, 2.45) is 0 Å². The molecule has 0 bridgehead atoms. The second-order valence-corrected chi connectivity index (χ2v) is 3.29. The van der Waals surface area contributed by atoms with E-state index in [1.54, 1.807) is 0 Å². The van der Waals surface area contributed by atoms with Crippen LogP contribution in [-0.4, -0.2) is 9.79 Å². The predicted molar refractivity (Wildman–Crippen MR) is 13.1 cm³/mol. The first-order chi connectivity index (χ1) is 2.56. The van der Waals surface area contributed by atoms with Gasteiger partial charge in [-0.25, -0.2) is 0 Å². The molecule has 0 aromatic heterocycles. The van der Waals surface area contributed by atoms with E-state index in [1.807, 2.05) is 0 Å². The fourth-order valence-corrected chi connectivity index (χ4v) is 0. The SMILES string of the molecule is O=P(O)(O)[O][Pm]. The van der Waals surface area contributed by atoms with Crippen molar-refractivity contribution < 1.29 is 54.2 Å². The van der Waals surface area contributed by atoms with Crippen molar-refractivity contribution in [3.8, 4) is 0 Å².